The van der Waals surface area contributed by atoms with E-state index >= 15 is 0 Å². The lowest BCUT2D eigenvalue weighted by atomic mass is 10.1. The predicted octanol–water partition coefficient (Wildman–Crippen LogP) is 3.34. The Kier molecular flexibility index (Phi) is 10.7. The molecule has 4 aromatic rings. The van der Waals surface area contributed by atoms with Gasteiger partial charge in [0.15, 0.2) is 0 Å². The number of nitrogens with two attached hydrogens (primary N) is 2. The normalized spacial score (nSPS) is 11.5. The molecule has 0 saturated carbocycles. The van der Waals surface area contributed by atoms with E-state index in [0.29, 0.717) is 24.3 Å². The highest BCUT2D eigenvalue weighted by Gasteiger charge is 2.32. The first-order valence-corrected chi connectivity index (χ1v) is 17.4. The average Bonchev–Trinajstić information content (AvgIpc) is 3.05. The van der Waals surface area contributed by atoms with Crippen LogP contribution in [0.5, 0.6) is 5.75 Å². The summed E-state index contributed by atoms with van der Waals surface area (Å²) in [6.07, 6.45) is 1.88. The number of primary amides is 2. The predicted molar refractivity (Wildman–Crippen MR) is 179 cm³/mol. The molecule has 0 fully saturated rings. The third-order valence-electron chi connectivity index (χ3n) is 7.15. The van der Waals surface area contributed by atoms with E-state index in [4.69, 9.17) is 16.2 Å². The van der Waals surface area contributed by atoms with E-state index in [1.165, 1.54) is 67.8 Å². The van der Waals surface area contributed by atoms with Gasteiger partial charge in [-0.15, -0.1) is 0 Å². The van der Waals surface area contributed by atoms with Gasteiger partial charge in [0.05, 0.1) is 28.3 Å². The minimum Gasteiger partial charge on any atom is -0.497 e. The molecule has 248 valence electrons. The Labute approximate surface area is 273 Å². The number of methoxy groups -OCH3 is 1. The first kappa shape index (κ1) is 34.7. The molecule has 0 unspecified atom stereocenters. The summed E-state index contributed by atoms with van der Waals surface area (Å²) in [6, 6.07) is 20.0. The van der Waals surface area contributed by atoms with Gasteiger partial charge in [-0.3, -0.25) is 23.0 Å². The Balaban J connectivity index is 1.82. The maximum absolute atomic E-state index is 14.0. The summed E-state index contributed by atoms with van der Waals surface area (Å²) >= 11 is 0. The lowest BCUT2D eigenvalue weighted by Gasteiger charge is -2.28. The minimum absolute atomic E-state index is 0.0287. The highest BCUT2D eigenvalue weighted by molar-refractivity contribution is 7.93. The standard InChI is InChI=1S/C32H35N5O8S2/c1-3-4-9-32(40)35-22-10-14-24(15-11-22)46(41,42)36(20-30(33)38)28-18-19-29(27-8-6-5-7-26(27)28)37(21-31(34)39)47(43,44)25-16-12-23(45-2)13-17-25/h5-8,10-19H,3-4,9,20-21H2,1-2H3,(H2,33,38)(H2,34,39)(H,35,40). The Hall–Kier alpha value is -5.15. The largest absolute Gasteiger partial charge is 0.497 e. The second kappa shape index (κ2) is 14.5. The van der Waals surface area contributed by atoms with E-state index in [9.17, 15) is 31.2 Å². The van der Waals surface area contributed by atoms with Crippen LogP contribution in [0, 0.1) is 0 Å². The fourth-order valence-electron chi connectivity index (χ4n) is 4.86. The lowest BCUT2D eigenvalue weighted by molar-refractivity contribution is -0.117. The fraction of sp³-hybridized carbons (Fsp3) is 0.219. The second-order valence-electron chi connectivity index (χ2n) is 10.5. The first-order valence-electron chi connectivity index (χ1n) is 14.5. The molecule has 0 aliphatic rings. The zero-order valence-corrected chi connectivity index (χ0v) is 27.4. The molecule has 0 aromatic heterocycles. The van der Waals surface area contributed by atoms with Gasteiger partial charge in [0, 0.05) is 22.9 Å². The van der Waals surface area contributed by atoms with Gasteiger partial charge in [0.25, 0.3) is 20.0 Å². The molecule has 0 heterocycles. The molecule has 0 aliphatic carbocycles. The van der Waals surface area contributed by atoms with Crippen LogP contribution in [-0.2, 0) is 34.4 Å². The summed E-state index contributed by atoms with van der Waals surface area (Å²) in [5.41, 5.74) is 11.5. The third-order valence-corrected chi connectivity index (χ3v) is 10.7. The quantitative estimate of drug-likeness (QED) is 0.170. The monoisotopic (exact) mass is 681 g/mol. The summed E-state index contributed by atoms with van der Waals surface area (Å²) in [7, 11) is -7.36. The van der Waals surface area contributed by atoms with Crippen molar-refractivity contribution >= 4 is 65.6 Å². The number of anilines is 3. The second-order valence-corrected chi connectivity index (χ2v) is 14.2. The molecule has 3 amide bonds. The molecular formula is C32H35N5O8S2. The number of benzene rings is 4. The molecule has 0 radical (unpaired) electrons. The van der Waals surface area contributed by atoms with Crippen LogP contribution in [-0.4, -0.2) is 54.8 Å². The van der Waals surface area contributed by atoms with Crippen LogP contribution in [0.4, 0.5) is 17.1 Å². The molecule has 13 nitrogen and oxygen atoms in total. The van der Waals surface area contributed by atoms with Crippen LogP contribution in [0.25, 0.3) is 10.8 Å². The van der Waals surface area contributed by atoms with Gasteiger partial charge in [0.2, 0.25) is 17.7 Å². The number of carbonyl (C=O) groups is 3. The molecule has 0 atom stereocenters. The number of hydrogen-bond acceptors (Lipinski definition) is 8. The number of ether oxygens (including phenoxy) is 1. The van der Waals surface area contributed by atoms with Crippen molar-refractivity contribution in [2.24, 2.45) is 11.5 Å². The van der Waals surface area contributed by atoms with Gasteiger partial charge < -0.3 is 21.5 Å². The fourth-order valence-corrected chi connectivity index (χ4v) is 7.76. The van der Waals surface area contributed by atoms with Crippen molar-refractivity contribution in [2.75, 3.05) is 34.1 Å². The summed E-state index contributed by atoms with van der Waals surface area (Å²) in [5, 5.41) is 3.21. The van der Waals surface area contributed by atoms with E-state index in [2.05, 4.69) is 5.32 Å². The molecule has 0 spiro atoms. The van der Waals surface area contributed by atoms with Crippen LogP contribution in [0.15, 0.2) is 94.7 Å². The number of unbranched alkanes of at least 4 members (excludes halogenated alkanes) is 1. The maximum Gasteiger partial charge on any atom is 0.264 e. The topological polar surface area (TPSA) is 199 Å². The Morgan fingerprint density at radius 2 is 1.15 bits per heavy atom. The Morgan fingerprint density at radius 3 is 1.55 bits per heavy atom. The molecule has 0 aliphatic heterocycles. The van der Waals surface area contributed by atoms with E-state index in [1.54, 1.807) is 24.3 Å². The molecule has 47 heavy (non-hydrogen) atoms. The number of nitrogens with zero attached hydrogens (tertiary/aromatic N) is 2. The molecule has 15 heteroatoms. The van der Waals surface area contributed by atoms with Gasteiger partial charge in [-0.1, -0.05) is 37.6 Å². The van der Waals surface area contributed by atoms with Crippen LogP contribution in [0.3, 0.4) is 0 Å². The van der Waals surface area contributed by atoms with Crippen molar-refractivity contribution in [2.45, 2.75) is 36.0 Å². The van der Waals surface area contributed by atoms with Crippen LogP contribution >= 0.6 is 0 Å². The van der Waals surface area contributed by atoms with Crippen LogP contribution in [0.1, 0.15) is 26.2 Å². The molecular weight excluding hydrogens is 647 g/mol. The van der Waals surface area contributed by atoms with Crippen LogP contribution < -0.4 is 30.1 Å². The third kappa shape index (κ3) is 7.81. The number of amides is 3. The average molecular weight is 682 g/mol. The van der Waals surface area contributed by atoms with Crippen molar-refractivity contribution in [3.63, 3.8) is 0 Å². The van der Waals surface area contributed by atoms with Crippen molar-refractivity contribution < 1.29 is 36.0 Å². The SMILES string of the molecule is CCCCC(=O)Nc1ccc(S(=O)(=O)N(CC(N)=O)c2ccc(N(CC(N)=O)S(=O)(=O)c3ccc(OC)cc3)c3ccccc23)cc1. The van der Waals surface area contributed by atoms with E-state index in [-0.39, 0.29) is 37.8 Å². The van der Waals surface area contributed by atoms with E-state index < -0.39 is 45.0 Å². The van der Waals surface area contributed by atoms with E-state index in [0.717, 1.165) is 15.0 Å². The minimum atomic E-state index is -4.43. The van der Waals surface area contributed by atoms with Gasteiger partial charge in [-0.25, -0.2) is 16.8 Å². The molecule has 0 bridgehead atoms. The lowest BCUT2D eigenvalue weighted by Crippen LogP contribution is -2.39. The van der Waals surface area contributed by atoms with Gasteiger partial charge in [-0.05, 0) is 67.1 Å². The van der Waals surface area contributed by atoms with Crippen molar-refractivity contribution in [3.8, 4) is 5.75 Å². The summed E-state index contributed by atoms with van der Waals surface area (Å²) < 4.78 is 62.5. The van der Waals surface area contributed by atoms with Crippen molar-refractivity contribution in [1.82, 2.24) is 0 Å². The number of rotatable bonds is 15. The van der Waals surface area contributed by atoms with Gasteiger partial charge >= 0.3 is 0 Å². The van der Waals surface area contributed by atoms with Crippen LogP contribution in [0.2, 0.25) is 0 Å². The van der Waals surface area contributed by atoms with Gasteiger partial charge in [-0.2, -0.15) is 0 Å². The molecule has 4 rings (SSSR count). The molecule has 0 saturated heterocycles. The zero-order chi connectivity index (χ0) is 34.4. The zero-order valence-electron chi connectivity index (χ0n) is 25.8. The summed E-state index contributed by atoms with van der Waals surface area (Å²) in [5.74, 6) is -1.66. The Bertz CT molecular complexity index is 2000. The number of carbonyl (C=O) groups excluding carboxylic acids is 3. The maximum atomic E-state index is 14.0. The number of hydrogen-bond donors (Lipinski definition) is 3. The summed E-state index contributed by atoms with van der Waals surface area (Å²) in [4.78, 5) is 36.2. The number of sulfonamides is 2. The molecule has 5 N–H and O–H groups in total. The van der Waals surface area contributed by atoms with Crippen molar-refractivity contribution in [1.29, 1.82) is 0 Å². The van der Waals surface area contributed by atoms with Gasteiger partial charge in [0.1, 0.15) is 18.8 Å². The number of fused-ring (bicyclic) bond motifs is 1. The molecule has 4 aromatic carbocycles. The first-order chi connectivity index (χ1) is 22.3. The van der Waals surface area contributed by atoms with Crippen molar-refractivity contribution in [3.05, 3.63) is 84.9 Å². The summed E-state index contributed by atoms with van der Waals surface area (Å²) in [6.45, 7) is 0.502. The smallest absolute Gasteiger partial charge is 0.264 e. The Morgan fingerprint density at radius 1 is 0.702 bits per heavy atom. The number of nitrogens with one attached hydrogen (secondary N) is 1. The highest BCUT2D eigenvalue weighted by Crippen LogP contribution is 2.38. The van der Waals surface area contributed by atoms with E-state index in [1.807, 2.05) is 6.92 Å². The highest BCUT2D eigenvalue weighted by atomic mass is 32.2.